The SMILES string of the molecule is COC1=C([N+](=O)[O-])C(N)C(OC)=[N+]([O-])N1. The number of rotatable bonds is 2. The Morgan fingerprint density at radius 2 is 2.13 bits per heavy atom. The summed E-state index contributed by atoms with van der Waals surface area (Å²) in [5, 5.41) is 21.9. The molecule has 0 saturated heterocycles. The summed E-state index contributed by atoms with van der Waals surface area (Å²) in [5.41, 5.74) is 7.09. The van der Waals surface area contributed by atoms with Crippen LogP contribution in [0.3, 0.4) is 0 Å². The molecule has 0 aliphatic carbocycles. The van der Waals surface area contributed by atoms with Gasteiger partial charge in [0.15, 0.2) is 0 Å². The van der Waals surface area contributed by atoms with Crippen LogP contribution in [0.2, 0.25) is 0 Å². The van der Waals surface area contributed by atoms with E-state index in [0.717, 1.165) is 0 Å². The van der Waals surface area contributed by atoms with Crippen LogP contribution in [0.5, 0.6) is 0 Å². The van der Waals surface area contributed by atoms with Gasteiger partial charge in [-0.05, 0) is 4.85 Å². The number of nitrogens with zero attached hydrogens (tertiary/aromatic N) is 2. The largest absolute Gasteiger partial charge is 0.593 e. The minimum atomic E-state index is -1.27. The molecule has 1 aliphatic rings. The van der Waals surface area contributed by atoms with Crippen molar-refractivity contribution in [2.75, 3.05) is 14.2 Å². The number of hydrazine groups is 1. The number of nitrogens with one attached hydrogen (secondary N) is 1. The first kappa shape index (κ1) is 11.0. The predicted molar refractivity (Wildman–Crippen MR) is 47.8 cm³/mol. The number of hydrazone groups is 1. The zero-order chi connectivity index (χ0) is 11.6. The highest BCUT2D eigenvalue weighted by atomic mass is 16.6. The van der Waals surface area contributed by atoms with Gasteiger partial charge in [-0.1, -0.05) is 0 Å². The molecule has 0 saturated carbocycles. The number of methoxy groups -OCH3 is 2. The second-order valence-electron chi connectivity index (χ2n) is 2.60. The van der Waals surface area contributed by atoms with Crippen molar-refractivity contribution < 1.29 is 19.2 Å². The van der Waals surface area contributed by atoms with Crippen LogP contribution >= 0.6 is 0 Å². The van der Waals surface area contributed by atoms with Crippen molar-refractivity contribution in [1.29, 1.82) is 0 Å². The average Bonchev–Trinajstić information content (AvgIpc) is 2.16. The van der Waals surface area contributed by atoms with Gasteiger partial charge in [-0.2, -0.15) is 0 Å². The van der Waals surface area contributed by atoms with Gasteiger partial charge in [0.1, 0.15) is 0 Å². The van der Waals surface area contributed by atoms with Gasteiger partial charge in [-0.3, -0.25) is 10.1 Å². The van der Waals surface area contributed by atoms with Crippen molar-refractivity contribution in [2.24, 2.45) is 5.73 Å². The summed E-state index contributed by atoms with van der Waals surface area (Å²) >= 11 is 0. The molecule has 15 heavy (non-hydrogen) atoms. The molecule has 9 heteroatoms. The normalized spacial score (nSPS) is 21.1. The highest BCUT2D eigenvalue weighted by Gasteiger charge is 2.43. The van der Waals surface area contributed by atoms with E-state index in [1.165, 1.54) is 14.2 Å². The molecule has 0 fully saturated rings. The van der Waals surface area contributed by atoms with Gasteiger partial charge in [0.2, 0.25) is 6.04 Å². The summed E-state index contributed by atoms with van der Waals surface area (Å²) in [6.07, 6.45) is 0. The van der Waals surface area contributed by atoms with E-state index in [4.69, 9.17) is 5.73 Å². The molecule has 1 rings (SSSR count). The van der Waals surface area contributed by atoms with Crippen LogP contribution in [0.1, 0.15) is 0 Å². The van der Waals surface area contributed by atoms with E-state index in [2.05, 4.69) is 14.9 Å². The van der Waals surface area contributed by atoms with Gasteiger partial charge < -0.3 is 20.4 Å². The summed E-state index contributed by atoms with van der Waals surface area (Å²) in [7, 11) is 2.38. The number of ether oxygens (including phenoxy) is 2. The summed E-state index contributed by atoms with van der Waals surface area (Å²) in [6, 6.07) is -1.27. The van der Waals surface area contributed by atoms with Crippen LogP contribution in [-0.4, -0.2) is 35.9 Å². The van der Waals surface area contributed by atoms with E-state index in [-0.39, 0.29) is 16.6 Å². The lowest BCUT2D eigenvalue weighted by Crippen LogP contribution is -2.50. The molecule has 3 N–H and O–H groups in total. The van der Waals surface area contributed by atoms with Crippen LogP contribution < -0.4 is 11.2 Å². The van der Waals surface area contributed by atoms with Crippen molar-refractivity contribution >= 4 is 5.90 Å². The van der Waals surface area contributed by atoms with Crippen molar-refractivity contribution in [2.45, 2.75) is 6.04 Å². The zero-order valence-electron chi connectivity index (χ0n) is 8.09. The van der Waals surface area contributed by atoms with Crippen LogP contribution in [-0.2, 0) is 9.47 Å². The third kappa shape index (κ3) is 1.76. The molecule has 0 aromatic carbocycles. The fourth-order valence-corrected chi connectivity index (χ4v) is 1.15. The molecule has 1 atom stereocenters. The molecule has 0 spiro atoms. The maximum absolute atomic E-state index is 11.2. The fourth-order valence-electron chi connectivity index (χ4n) is 1.15. The van der Waals surface area contributed by atoms with E-state index < -0.39 is 16.7 Å². The average molecular weight is 218 g/mol. The Morgan fingerprint density at radius 1 is 1.53 bits per heavy atom. The Labute approximate surface area is 84.5 Å². The Bertz CT molecular complexity index is 349. The molecule has 0 bridgehead atoms. The molecule has 0 amide bonds. The maximum atomic E-state index is 11.2. The number of nitrogens with two attached hydrogens (primary N) is 1. The molecule has 1 heterocycles. The summed E-state index contributed by atoms with van der Waals surface area (Å²) in [6.45, 7) is 0. The molecule has 0 aromatic heterocycles. The molecule has 1 aliphatic heterocycles. The topological polar surface area (TPSA) is 126 Å². The van der Waals surface area contributed by atoms with Crippen LogP contribution in [0.25, 0.3) is 0 Å². The fraction of sp³-hybridized carbons (Fsp3) is 0.500. The Morgan fingerprint density at radius 3 is 2.53 bits per heavy atom. The van der Waals surface area contributed by atoms with Crippen molar-refractivity contribution in [3.05, 3.63) is 26.9 Å². The standard InChI is InChI=1S/C6H10N4O5/c1-14-5-4(10(12)13)3(7)6(15-2)9(11)8-5/h3,8H,7H2,1-2H3. The van der Waals surface area contributed by atoms with E-state index in [9.17, 15) is 15.3 Å². The molecule has 1 unspecified atom stereocenters. The minimum absolute atomic E-state index is 0.177. The van der Waals surface area contributed by atoms with E-state index >= 15 is 0 Å². The monoisotopic (exact) mass is 218 g/mol. The van der Waals surface area contributed by atoms with Crippen molar-refractivity contribution in [1.82, 2.24) is 5.43 Å². The first-order valence-corrected chi connectivity index (χ1v) is 3.85. The highest BCUT2D eigenvalue weighted by Crippen LogP contribution is 2.13. The van der Waals surface area contributed by atoms with Crippen LogP contribution in [0, 0.1) is 15.3 Å². The molecule has 84 valence electrons. The molecule has 9 nitrogen and oxygen atoms in total. The summed E-state index contributed by atoms with van der Waals surface area (Å²) in [5.74, 6) is -0.606. The van der Waals surface area contributed by atoms with E-state index in [0.29, 0.717) is 0 Å². The minimum Gasteiger partial charge on any atom is -0.593 e. The first-order valence-electron chi connectivity index (χ1n) is 3.85. The molecular formula is C6H10N4O5. The lowest BCUT2D eigenvalue weighted by atomic mass is 10.2. The van der Waals surface area contributed by atoms with E-state index in [1.807, 2.05) is 0 Å². The summed E-state index contributed by atoms with van der Waals surface area (Å²) in [4.78, 5) is 10.1. The van der Waals surface area contributed by atoms with Gasteiger partial charge >= 0.3 is 17.5 Å². The summed E-state index contributed by atoms with van der Waals surface area (Å²) < 4.78 is 9.27. The Hall–Kier alpha value is -2.03. The second kappa shape index (κ2) is 4.00. The van der Waals surface area contributed by atoms with Crippen molar-refractivity contribution in [3.63, 3.8) is 0 Å². The lowest BCUT2D eigenvalue weighted by Gasteiger charge is -2.18. The maximum Gasteiger partial charge on any atom is 0.406 e. The molecule has 0 radical (unpaired) electrons. The number of nitro groups is 1. The Kier molecular flexibility index (Phi) is 2.95. The number of hydrogen-bond donors (Lipinski definition) is 2. The zero-order valence-corrected chi connectivity index (χ0v) is 8.09. The predicted octanol–water partition coefficient (Wildman–Crippen LogP) is -1.52. The Balaban J connectivity index is 3.16. The van der Waals surface area contributed by atoms with Crippen molar-refractivity contribution in [3.8, 4) is 0 Å². The van der Waals surface area contributed by atoms with Crippen LogP contribution in [0.4, 0.5) is 0 Å². The lowest BCUT2D eigenvalue weighted by molar-refractivity contribution is -0.540. The molecular weight excluding hydrogens is 208 g/mol. The molecule has 0 aromatic rings. The second-order valence-corrected chi connectivity index (χ2v) is 2.60. The van der Waals surface area contributed by atoms with E-state index in [1.54, 1.807) is 0 Å². The number of hydrogen-bond acceptors (Lipinski definition) is 7. The third-order valence-corrected chi connectivity index (χ3v) is 1.81. The van der Waals surface area contributed by atoms with Gasteiger partial charge in [-0.25, -0.2) is 0 Å². The quantitative estimate of drug-likeness (QED) is 0.249. The van der Waals surface area contributed by atoms with Gasteiger partial charge in [-0.15, -0.1) is 5.43 Å². The smallest absolute Gasteiger partial charge is 0.406 e. The van der Waals surface area contributed by atoms with Gasteiger partial charge in [0.25, 0.3) is 0 Å². The third-order valence-electron chi connectivity index (χ3n) is 1.81. The van der Waals surface area contributed by atoms with Crippen LogP contribution in [0.15, 0.2) is 11.6 Å². The first-order chi connectivity index (χ1) is 7.02. The highest BCUT2D eigenvalue weighted by molar-refractivity contribution is 5.80. The van der Waals surface area contributed by atoms with Gasteiger partial charge in [0, 0.05) is 0 Å². The van der Waals surface area contributed by atoms with Gasteiger partial charge in [0.05, 0.1) is 19.1 Å².